The smallest absolute Gasteiger partial charge is 0.339 e. The minimum absolute atomic E-state index is 0.0815. The molecule has 0 aliphatic heterocycles. The first-order valence-corrected chi connectivity index (χ1v) is 9.72. The molecule has 0 saturated heterocycles. The summed E-state index contributed by atoms with van der Waals surface area (Å²) in [5.74, 6) is 0.637. The Labute approximate surface area is 162 Å². The van der Waals surface area contributed by atoms with Gasteiger partial charge < -0.3 is 8.92 Å². The number of nitro benzene ring substituents is 1. The van der Waals surface area contributed by atoms with Gasteiger partial charge in [0.05, 0.1) is 4.92 Å². The molecule has 0 bridgehead atoms. The van der Waals surface area contributed by atoms with Crippen molar-refractivity contribution in [1.29, 1.82) is 0 Å². The van der Waals surface area contributed by atoms with E-state index in [2.05, 4.69) is 0 Å². The highest BCUT2D eigenvalue weighted by Crippen LogP contribution is 2.26. The second-order valence-electron chi connectivity index (χ2n) is 5.99. The van der Waals surface area contributed by atoms with Gasteiger partial charge in [-0.05, 0) is 42.3 Å². The summed E-state index contributed by atoms with van der Waals surface area (Å²) in [5.41, 5.74) is 1.04. The highest BCUT2D eigenvalue weighted by atomic mass is 32.2. The van der Waals surface area contributed by atoms with Gasteiger partial charge in [0.15, 0.2) is 0 Å². The van der Waals surface area contributed by atoms with E-state index in [9.17, 15) is 18.5 Å². The predicted molar refractivity (Wildman–Crippen MR) is 103 cm³/mol. The number of rotatable bonds is 7. The molecular formula is C20H17NO6S. The van der Waals surface area contributed by atoms with E-state index in [1.807, 2.05) is 30.3 Å². The molecule has 144 valence electrons. The molecule has 0 radical (unpaired) electrons. The van der Waals surface area contributed by atoms with Crippen LogP contribution in [0.1, 0.15) is 11.1 Å². The van der Waals surface area contributed by atoms with Crippen LogP contribution in [0.15, 0.2) is 77.7 Å². The molecule has 0 heterocycles. The molecule has 0 unspecified atom stereocenters. The lowest BCUT2D eigenvalue weighted by atomic mass is 10.2. The van der Waals surface area contributed by atoms with Gasteiger partial charge in [0.1, 0.15) is 23.0 Å². The molecular weight excluding hydrogens is 382 g/mol. The highest BCUT2D eigenvalue weighted by molar-refractivity contribution is 7.87. The molecule has 3 rings (SSSR count). The maximum Gasteiger partial charge on any atom is 0.339 e. The summed E-state index contributed by atoms with van der Waals surface area (Å²) in [4.78, 5) is 10.0. The second kappa shape index (κ2) is 8.10. The van der Waals surface area contributed by atoms with Crippen LogP contribution in [-0.2, 0) is 16.7 Å². The fraction of sp³-hybridized carbons (Fsp3) is 0.100. The van der Waals surface area contributed by atoms with Crippen molar-refractivity contribution < 1.29 is 22.3 Å². The Balaban J connectivity index is 1.72. The van der Waals surface area contributed by atoms with Gasteiger partial charge in [-0.1, -0.05) is 36.4 Å². The molecule has 0 atom stereocenters. The number of benzene rings is 3. The van der Waals surface area contributed by atoms with Gasteiger partial charge in [-0.25, -0.2) is 0 Å². The zero-order valence-corrected chi connectivity index (χ0v) is 15.8. The highest BCUT2D eigenvalue weighted by Gasteiger charge is 2.22. The molecule has 0 saturated carbocycles. The molecule has 0 aliphatic carbocycles. The number of hydrogen-bond donors (Lipinski definition) is 0. The molecule has 3 aromatic carbocycles. The molecule has 3 aromatic rings. The number of nitrogens with zero attached hydrogens (tertiary/aromatic N) is 1. The Bertz CT molecular complexity index is 1080. The number of ether oxygens (including phenoxy) is 1. The fourth-order valence-electron chi connectivity index (χ4n) is 2.48. The van der Waals surface area contributed by atoms with Gasteiger partial charge in [0.2, 0.25) is 0 Å². The van der Waals surface area contributed by atoms with Gasteiger partial charge in [-0.3, -0.25) is 10.1 Å². The Morgan fingerprint density at radius 1 is 0.929 bits per heavy atom. The van der Waals surface area contributed by atoms with Crippen molar-refractivity contribution >= 4 is 15.8 Å². The Morgan fingerprint density at radius 3 is 2.21 bits per heavy atom. The van der Waals surface area contributed by atoms with Crippen molar-refractivity contribution in [3.8, 4) is 11.5 Å². The molecule has 7 nitrogen and oxygen atoms in total. The van der Waals surface area contributed by atoms with Crippen LogP contribution in [0, 0.1) is 17.0 Å². The standard InChI is InChI=1S/C20H17NO6S/c1-15-7-8-17(21(22)23)13-20(15)28(24,25)27-19-11-9-18(10-12-19)26-14-16-5-3-2-4-6-16/h2-13H,14H2,1H3. The molecule has 0 N–H and O–H groups in total. The molecule has 0 aromatic heterocycles. The van der Waals surface area contributed by atoms with E-state index in [0.29, 0.717) is 17.9 Å². The zero-order chi connectivity index (χ0) is 20.1. The van der Waals surface area contributed by atoms with Crippen molar-refractivity contribution in [3.05, 3.63) is 94.0 Å². The average molecular weight is 399 g/mol. The summed E-state index contributed by atoms with van der Waals surface area (Å²) in [6.45, 7) is 1.92. The van der Waals surface area contributed by atoms with Crippen molar-refractivity contribution in [1.82, 2.24) is 0 Å². The summed E-state index contributed by atoms with van der Waals surface area (Å²) in [6, 6.07) is 19.3. The van der Waals surface area contributed by atoms with E-state index in [1.165, 1.54) is 24.3 Å². The van der Waals surface area contributed by atoms with Crippen molar-refractivity contribution in [3.63, 3.8) is 0 Å². The first-order valence-electron chi connectivity index (χ1n) is 8.31. The largest absolute Gasteiger partial charge is 0.489 e. The van der Waals surface area contributed by atoms with Crippen LogP contribution in [-0.4, -0.2) is 13.3 Å². The molecule has 0 aliphatic rings. The lowest BCUT2D eigenvalue weighted by Gasteiger charge is -2.10. The van der Waals surface area contributed by atoms with E-state index < -0.39 is 15.0 Å². The Morgan fingerprint density at radius 2 is 1.57 bits per heavy atom. The van der Waals surface area contributed by atoms with Gasteiger partial charge in [-0.2, -0.15) is 8.42 Å². The van der Waals surface area contributed by atoms with Crippen molar-refractivity contribution in [2.45, 2.75) is 18.4 Å². The molecule has 0 fully saturated rings. The van der Waals surface area contributed by atoms with E-state index in [0.717, 1.165) is 11.6 Å². The molecule has 0 amide bonds. The summed E-state index contributed by atoms with van der Waals surface area (Å²) < 4.78 is 35.8. The minimum Gasteiger partial charge on any atom is -0.489 e. The first-order chi connectivity index (χ1) is 13.3. The summed E-state index contributed by atoms with van der Waals surface area (Å²) in [5, 5.41) is 10.9. The van der Waals surface area contributed by atoms with Crippen LogP contribution in [0.3, 0.4) is 0 Å². The maximum atomic E-state index is 12.5. The SMILES string of the molecule is Cc1ccc([N+](=O)[O-])cc1S(=O)(=O)Oc1ccc(OCc2ccccc2)cc1. The predicted octanol–water partition coefficient (Wildman–Crippen LogP) is 4.25. The lowest BCUT2D eigenvalue weighted by Crippen LogP contribution is -2.11. The summed E-state index contributed by atoms with van der Waals surface area (Å²) in [6.07, 6.45) is 0. The van der Waals surface area contributed by atoms with E-state index in [-0.39, 0.29) is 16.3 Å². The van der Waals surface area contributed by atoms with Gasteiger partial charge in [-0.15, -0.1) is 0 Å². The third-order valence-electron chi connectivity index (χ3n) is 3.93. The second-order valence-corrected chi connectivity index (χ2v) is 7.50. The van der Waals surface area contributed by atoms with E-state index in [4.69, 9.17) is 8.92 Å². The van der Waals surface area contributed by atoms with Gasteiger partial charge in [0.25, 0.3) is 5.69 Å². The number of hydrogen-bond acceptors (Lipinski definition) is 6. The number of non-ortho nitro benzene ring substituents is 1. The van der Waals surface area contributed by atoms with Crippen LogP contribution in [0.25, 0.3) is 0 Å². The molecule has 28 heavy (non-hydrogen) atoms. The summed E-state index contributed by atoms with van der Waals surface area (Å²) in [7, 11) is -4.21. The van der Waals surface area contributed by atoms with Crippen LogP contribution >= 0.6 is 0 Å². The lowest BCUT2D eigenvalue weighted by molar-refractivity contribution is -0.385. The Kier molecular flexibility index (Phi) is 5.60. The first kappa shape index (κ1) is 19.4. The quantitative estimate of drug-likeness (QED) is 0.335. The third kappa shape index (κ3) is 4.66. The minimum atomic E-state index is -4.21. The number of nitro groups is 1. The summed E-state index contributed by atoms with van der Waals surface area (Å²) >= 11 is 0. The van der Waals surface area contributed by atoms with Crippen LogP contribution in [0.4, 0.5) is 5.69 Å². The molecule has 8 heteroatoms. The van der Waals surface area contributed by atoms with E-state index >= 15 is 0 Å². The topological polar surface area (TPSA) is 95.7 Å². The van der Waals surface area contributed by atoms with Crippen LogP contribution in [0.5, 0.6) is 11.5 Å². The maximum absolute atomic E-state index is 12.5. The van der Waals surface area contributed by atoms with Crippen LogP contribution in [0.2, 0.25) is 0 Å². The monoisotopic (exact) mass is 399 g/mol. The Hall–Kier alpha value is -3.39. The van der Waals surface area contributed by atoms with Gasteiger partial charge in [0, 0.05) is 12.1 Å². The average Bonchev–Trinajstić information content (AvgIpc) is 2.68. The third-order valence-corrected chi connectivity index (χ3v) is 5.32. The van der Waals surface area contributed by atoms with Crippen molar-refractivity contribution in [2.75, 3.05) is 0 Å². The molecule has 0 spiro atoms. The normalized spacial score (nSPS) is 11.0. The van der Waals surface area contributed by atoms with E-state index in [1.54, 1.807) is 19.1 Å². The van der Waals surface area contributed by atoms with Crippen molar-refractivity contribution in [2.24, 2.45) is 0 Å². The zero-order valence-electron chi connectivity index (χ0n) is 14.9. The fourth-order valence-corrected chi connectivity index (χ4v) is 3.66. The van der Waals surface area contributed by atoms with Crippen LogP contribution < -0.4 is 8.92 Å². The van der Waals surface area contributed by atoms with Gasteiger partial charge >= 0.3 is 10.1 Å². The number of aryl methyl sites for hydroxylation is 1.